The van der Waals surface area contributed by atoms with Crippen molar-refractivity contribution in [3.63, 3.8) is 0 Å². The van der Waals surface area contributed by atoms with Crippen LogP contribution < -0.4 is 5.32 Å². The molecule has 6 heteroatoms. The summed E-state index contributed by atoms with van der Waals surface area (Å²) in [5, 5.41) is 4.56. The van der Waals surface area contributed by atoms with E-state index in [-0.39, 0.29) is 11.9 Å². The number of pyridine rings is 1. The SMILES string of the molecule is O=C(NC1CCCCC1)c1cccn2c(-c3ccc(Cl)cc3)c(-c3ccc(Cl)cc3)nc12. The van der Waals surface area contributed by atoms with Crippen LogP contribution in [0.3, 0.4) is 0 Å². The van der Waals surface area contributed by atoms with Crippen LogP contribution in [0.25, 0.3) is 28.2 Å². The van der Waals surface area contributed by atoms with E-state index in [1.165, 1.54) is 19.3 Å². The molecule has 0 atom stereocenters. The predicted molar refractivity (Wildman–Crippen MR) is 130 cm³/mol. The summed E-state index contributed by atoms with van der Waals surface area (Å²) in [5.74, 6) is -0.0715. The minimum absolute atomic E-state index is 0.0715. The molecule has 1 aliphatic rings. The Balaban J connectivity index is 1.65. The fraction of sp³-hybridized carbons (Fsp3) is 0.231. The van der Waals surface area contributed by atoms with Crippen molar-refractivity contribution in [2.75, 3.05) is 0 Å². The topological polar surface area (TPSA) is 46.4 Å². The van der Waals surface area contributed by atoms with Crippen LogP contribution >= 0.6 is 23.2 Å². The number of benzene rings is 2. The first-order chi connectivity index (χ1) is 15.6. The summed E-state index contributed by atoms with van der Waals surface area (Å²) in [4.78, 5) is 18.2. The molecule has 1 amide bonds. The number of halogens is 2. The van der Waals surface area contributed by atoms with Crippen molar-refractivity contribution in [3.05, 3.63) is 82.5 Å². The molecule has 0 aliphatic heterocycles. The largest absolute Gasteiger partial charge is 0.349 e. The zero-order valence-electron chi connectivity index (χ0n) is 17.5. The van der Waals surface area contributed by atoms with E-state index in [1.54, 1.807) is 0 Å². The molecular formula is C26H23Cl2N3O. The van der Waals surface area contributed by atoms with Gasteiger partial charge in [0.1, 0.15) is 0 Å². The van der Waals surface area contributed by atoms with Gasteiger partial charge in [0.15, 0.2) is 5.65 Å². The maximum absolute atomic E-state index is 13.2. The highest BCUT2D eigenvalue weighted by atomic mass is 35.5. The normalized spacial score (nSPS) is 14.6. The van der Waals surface area contributed by atoms with E-state index < -0.39 is 0 Å². The number of carbonyl (C=O) groups excluding carboxylic acids is 1. The number of fused-ring (bicyclic) bond motifs is 1. The van der Waals surface area contributed by atoms with Crippen molar-refractivity contribution in [1.29, 1.82) is 0 Å². The lowest BCUT2D eigenvalue weighted by atomic mass is 9.95. The Hall–Kier alpha value is -2.82. The number of rotatable bonds is 4. The molecule has 2 aromatic heterocycles. The molecule has 0 bridgehead atoms. The Morgan fingerprint density at radius 1 is 0.875 bits per heavy atom. The van der Waals surface area contributed by atoms with E-state index in [0.717, 1.165) is 35.4 Å². The van der Waals surface area contributed by atoms with E-state index in [0.29, 0.717) is 21.3 Å². The Bertz CT molecular complexity index is 1260. The van der Waals surface area contributed by atoms with Crippen molar-refractivity contribution in [3.8, 4) is 22.5 Å². The van der Waals surface area contributed by atoms with Gasteiger partial charge in [-0.25, -0.2) is 4.98 Å². The van der Waals surface area contributed by atoms with Crippen LogP contribution in [-0.2, 0) is 0 Å². The maximum Gasteiger partial charge on any atom is 0.255 e. The van der Waals surface area contributed by atoms with Crippen molar-refractivity contribution >= 4 is 34.8 Å². The van der Waals surface area contributed by atoms with E-state index in [2.05, 4.69) is 5.32 Å². The highest BCUT2D eigenvalue weighted by Gasteiger charge is 2.22. The Morgan fingerprint density at radius 2 is 1.50 bits per heavy atom. The van der Waals surface area contributed by atoms with Gasteiger partial charge in [0.25, 0.3) is 5.91 Å². The number of imidazole rings is 1. The van der Waals surface area contributed by atoms with Gasteiger partial charge < -0.3 is 5.32 Å². The van der Waals surface area contributed by atoms with E-state index in [1.807, 2.05) is 71.3 Å². The number of nitrogens with one attached hydrogen (secondary N) is 1. The molecule has 32 heavy (non-hydrogen) atoms. The molecule has 4 aromatic rings. The third-order valence-electron chi connectivity index (χ3n) is 6.07. The van der Waals surface area contributed by atoms with Gasteiger partial charge in [-0.1, -0.05) is 66.7 Å². The monoisotopic (exact) mass is 463 g/mol. The van der Waals surface area contributed by atoms with Gasteiger partial charge in [0.2, 0.25) is 0 Å². The van der Waals surface area contributed by atoms with Gasteiger partial charge in [-0.2, -0.15) is 0 Å². The summed E-state index contributed by atoms with van der Waals surface area (Å²) >= 11 is 12.3. The van der Waals surface area contributed by atoms with Gasteiger partial charge in [-0.15, -0.1) is 0 Å². The summed E-state index contributed by atoms with van der Waals surface area (Å²) in [5.41, 5.74) is 4.82. The summed E-state index contributed by atoms with van der Waals surface area (Å²) < 4.78 is 1.99. The average molecular weight is 464 g/mol. The Morgan fingerprint density at radius 3 is 2.16 bits per heavy atom. The zero-order valence-corrected chi connectivity index (χ0v) is 19.0. The second kappa shape index (κ2) is 8.97. The lowest BCUT2D eigenvalue weighted by Crippen LogP contribution is -2.36. The van der Waals surface area contributed by atoms with Crippen LogP contribution in [0.2, 0.25) is 10.0 Å². The minimum atomic E-state index is -0.0715. The fourth-order valence-corrected chi connectivity index (χ4v) is 4.70. The van der Waals surface area contributed by atoms with E-state index in [4.69, 9.17) is 28.2 Å². The van der Waals surface area contributed by atoms with Gasteiger partial charge in [-0.3, -0.25) is 9.20 Å². The molecule has 0 saturated heterocycles. The molecule has 1 fully saturated rings. The van der Waals surface area contributed by atoms with Crippen molar-refractivity contribution < 1.29 is 4.79 Å². The number of amides is 1. The summed E-state index contributed by atoms with van der Waals surface area (Å²) in [6.45, 7) is 0. The maximum atomic E-state index is 13.2. The molecule has 162 valence electrons. The smallest absolute Gasteiger partial charge is 0.255 e. The molecule has 1 saturated carbocycles. The van der Waals surface area contributed by atoms with Crippen LogP contribution in [0.4, 0.5) is 0 Å². The molecule has 2 aromatic carbocycles. The number of hydrogen-bond acceptors (Lipinski definition) is 2. The quantitative estimate of drug-likeness (QED) is 0.352. The van der Waals surface area contributed by atoms with Crippen LogP contribution in [-0.4, -0.2) is 21.3 Å². The van der Waals surface area contributed by atoms with Gasteiger partial charge in [0.05, 0.1) is 17.0 Å². The molecule has 0 unspecified atom stereocenters. The standard InChI is InChI=1S/C26H23Cl2N3O/c27-19-12-8-17(9-13-19)23-24(18-10-14-20(28)15-11-18)31-16-4-7-22(25(31)30-23)26(32)29-21-5-2-1-3-6-21/h4,7-16,21H,1-3,5-6H2,(H,29,32). The molecule has 2 heterocycles. The minimum Gasteiger partial charge on any atom is -0.349 e. The second-order valence-corrected chi connectivity index (χ2v) is 9.12. The third kappa shape index (κ3) is 4.13. The van der Waals surface area contributed by atoms with E-state index in [9.17, 15) is 4.79 Å². The first-order valence-corrected chi connectivity index (χ1v) is 11.7. The van der Waals surface area contributed by atoms with Crippen LogP contribution in [0.1, 0.15) is 42.5 Å². The highest BCUT2D eigenvalue weighted by molar-refractivity contribution is 6.31. The Kier molecular flexibility index (Phi) is 5.90. The van der Waals surface area contributed by atoms with Crippen molar-refractivity contribution in [2.24, 2.45) is 0 Å². The molecule has 1 N–H and O–H groups in total. The molecule has 0 spiro atoms. The third-order valence-corrected chi connectivity index (χ3v) is 6.57. The van der Waals surface area contributed by atoms with E-state index >= 15 is 0 Å². The first-order valence-electron chi connectivity index (χ1n) is 10.9. The second-order valence-electron chi connectivity index (χ2n) is 8.25. The summed E-state index contributed by atoms with van der Waals surface area (Å²) in [6, 6.07) is 19.2. The van der Waals surface area contributed by atoms with Crippen molar-refractivity contribution in [2.45, 2.75) is 38.1 Å². The molecule has 1 aliphatic carbocycles. The predicted octanol–water partition coefficient (Wildman–Crippen LogP) is 7.04. The molecule has 4 nitrogen and oxygen atoms in total. The van der Waals surface area contributed by atoms with Gasteiger partial charge >= 0.3 is 0 Å². The lowest BCUT2D eigenvalue weighted by Gasteiger charge is -2.22. The molecule has 5 rings (SSSR count). The number of nitrogens with zero attached hydrogens (tertiary/aromatic N) is 2. The summed E-state index contributed by atoms with van der Waals surface area (Å²) in [7, 11) is 0. The Labute approximate surface area is 197 Å². The van der Waals surface area contributed by atoms with Crippen LogP contribution in [0, 0.1) is 0 Å². The zero-order chi connectivity index (χ0) is 22.1. The number of hydrogen-bond donors (Lipinski definition) is 1. The number of aromatic nitrogens is 2. The highest BCUT2D eigenvalue weighted by Crippen LogP contribution is 2.34. The molecule has 0 radical (unpaired) electrons. The number of carbonyl (C=O) groups is 1. The van der Waals surface area contributed by atoms with Crippen molar-refractivity contribution in [1.82, 2.24) is 14.7 Å². The summed E-state index contributed by atoms with van der Waals surface area (Å²) in [6.07, 6.45) is 7.60. The van der Waals surface area contributed by atoms with Gasteiger partial charge in [-0.05, 0) is 49.2 Å². The van der Waals surface area contributed by atoms with Gasteiger partial charge in [0, 0.05) is 33.4 Å². The van der Waals surface area contributed by atoms with Crippen LogP contribution in [0.15, 0.2) is 66.9 Å². The van der Waals surface area contributed by atoms with Crippen LogP contribution in [0.5, 0.6) is 0 Å². The first kappa shape index (κ1) is 21.0. The molecular weight excluding hydrogens is 441 g/mol. The fourth-order valence-electron chi connectivity index (χ4n) is 4.45. The average Bonchev–Trinajstić information content (AvgIpc) is 3.20. The lowest BCUT2D eigenvalue weighted by molar-refractivity contribution is 0.0929.